The molecule has 4 nitrogen and oxygen atoms in total. The number of Topliss-reactive ketones (excluding diaryl/α,β-unsaturated/α-hetero) is 1. The van der Waals surface area contributed by atoms with Crippen molar-refractivity contribution in [1.82, 2.24) is 4.90 Å². The Hall–Kier alpha value is -1.23. The van der Waals surface area contributed by atoms with Gasteiger partial charge in [0.1, 0.15) is 5.78 Å². The Morgan fingerprint density at radius 3 is 2.88 bits per heavy atom. The first kappa shape index (κ1) is 16.9. The molecule has 0 amide bonds. The van der Waals surface area contributed by atoms with E-state index in [4.69, 9.17) is 4.74 Å². The number of hydrogen-bond acceptors (Lipinski definition) is 4. The minimum Gasteiger partial charge on any atom is -0.392 e. The molecule has 0 spiro atoms. The van der Waals surface area contributed by atoms with Crippen molar-refractivity contribution in [2.75, 3.05) is 20.2 Å². The van der Waals surface area contributed by atoms with Gasteiger partial charge in [-0.15, -0.1) is 0 Å². The molecule has 1 aromatic rings. The molecular weight excluding hydrogens is 326 g/mol. The summed E-state index contributed by atoms with van der Waals surface area (Å²) in [5, 5.41) is 10.0. The van der Waals surface area contributed by atoms with Crippen LogP contribution in [0.3, 0.4) is 0 Å². The number of piperidine rings is 1. The lowest BCUT2D eigenvalue weighted by Gasteiger charge is -2.65. The normalized spacial score (nSPS) is 36.5. The fourth-order valence-corrected chi connectivity index (χ4v) is 6.49. The van der Waals surface area contributed by atoms with Gasteiger partial charge in [0.15, 0.2) is 0 Å². The Labute approximate surface area is 155 Å². The van der Waals surface area contributed by atoms with E-state index in [1.54, 1.807) is 0 Å². The van der Waals surface area contributed by atoms with E-state index in [-0.39, 0.29) is 17.6 Å². The molecule has 4 aliphatic rings. The summed E-state index contributed by atoms with van der Waals surface area (Å²) < 4.78 is 6.40. The molecule has 4 heteroatoms. The van der Waals surface area contributed by atoms with Gasteiger partial charge in [-0.1, -0.05) is 18.2 Å². The van der Waals surface area contributed by atoms with Crippen LogP contribution in [-0.2, 0) is 28.0 Å². The predicted octanol–water partition coefficient (Wildman–Crippen LogP) is 2.60. The molecule has 2 bridgehead atoms. The van der Waals surface area contributed by atoms with Crippen molar-refractivity contribution in [3.05, 3.63) is 34.9 Å². The van der Waals surface area contributed by atoms with Crippen molar-refractivity contribution in [3.63, 3.8) is 0 Å². The third-order valence-corrected chi connectivity index (χ3v) is 7.74. The van der Waals surface area contributed by atoms with Gasteiger partial charge in [0.05, 0.1) is 12.2 Å². The molecular formula is C22H29NO3. The molecule has 3 aliphatic carbocycles. The minimum absolute atomic E-state index is 0.0371. The topological polar surface area (TPSA) is 49.8 Å². The van der Waals surface area contributed by atoms with Crippen LogP contribution in [0.5, 0.6) is 0 Å². The molecule has 3 atom stereocenters. The van der Waals surface area contributed by atoms with E-state index in [2.05, 4.69) is 17.0 Å². The number of fused-ring (bicyclic) bond motifs is 1. The molecule has 3 fully saturated rings. The number of nitrogens with zero attached hydrogens (tertiary/aromatic N) is 1. The lowest BCUT2D eigenvalue weighted by Crippen LogP contribution is -2.74. The first-order valence-corrected chi connectivity index (χ1v) is 10.2. The van der Waals surface area contributed by atoms with Crippen LogP contribution in [0, 0.1) is 5.92 Å². The van der Waals surface area contributed by atoms with Gasteiger partial charge in [-0.05, 0) is 61.3 Å². The standard InChI is InChI=1S/C22H29NO3/c1-26-22-8-7-18(25)12-21(22)9-10-23(13-15-5-6-15)19(22)11-16-3-2-4-17(14-24)20(16)21/h2-4,15,19,24H,5-14H2,1H3/t19-,21-,22-/m1/s1. The highest BCUT2D eigenvalue weighted by Gasteiger charge is 2.66. The van der Waals surface area contributed by atoms with E-state index >= 15 is 0 Å². The zero-order valence-corrected chi connectivity index (χ0v) is 15.7. The van der Waals surface area contributed by atoms with E-state index < -0.39 is 0 Å². The van der Waals surface area contributed by atoms with Crippen molar-refractivity contribution in [2.45, 2.75) is 68.6 Å². The number of hydrogen-bond donors (Lipinski definition) is 1. The Morgan fingerprint density at radius 2 is 2.15 bits per heavy atom. The maximum Gasteiger partial charge on any atom is 0.134 e. The summed E-state index contributed by atoms with van der Waals surface area (Å²) in [4.78, 5) is 15.3. The van der Waals surface area contributed by atoms with Crippen molar-refractivity contribution in [3.8, 4) is 0 Å². The second-order valence-corrected chi connectivity index (χ2v) is 8.91. The molecule has 1 heterocycles. The van der Waals surface area contributed by atoms with Crippen LogP contribution in [0.1, 0.15) is 55.2 Å². The lowest BCUT2D eigenvalue weighted by atomic mass is 9.48. The second-order valence-electron chi connectivity index (χ2n) is 8.91. The summed E-state index contributed by atoms with van der Waals surface area (Å²) >= 11 is 0. The van der Waals surface area contributed by atoms with Crippen LogP contribution in [0.25, 0.3) is 0 Å². The largest absolute Gasteiger partial charge is 0.392 e. The highest BCUT2D eigenvalue weighted by molar-refractivity contribution is 5.82. The lowest BCUT2D eigenvalue weighted by molar-refractivity contribution is -0.188. The summed E-state index contributed by atoms with van der Waals surface area (Å²) in [5.74, 6) is 1.21. The van der Waals surface area contributed by atoms with Crippen LogP contribution >= 0.6 is 0 Å². The van der Waals surface area contributed by atoms with Gasteiger partial charge < -0.3 is 9.84 Å². The predicted molar refractivity (Wildman–Crippen MR) is 99.0 cm³/mol. The number of ketones is 1. The first-order valence-electron chi connectivity index (χ1n) is 10.2. The summed E-state index contributed by atoms with van der Waals surface area (Å²) in [7, 11) is 1.85. The summed E-state index contributed by atoms with van der Waals surface area (Å²) in [6.07, 6.45) is 6.65. The Morgan fingerprint density at radius 1 is 1.31 bits per heavy atom. The summed E-state index contributed by atoms with van der Waals surface area (Å²) in [6, 6.07) is 6.65. The van der Waals surface area contributed by atoms with Gasteiger partial charge >= 0.3 is 0 Å². The van der Waals surface area contributed by atoms with Crippen molar-refractivity contribution < 1.29 is 14.6 Å². The number of carbonyl (C=O) groups is 1. The van der Waals surface area contributed by atoms with Gasteiger partial charge in [0.2, 0.25) is 0 Å². The maximum absolute atomic E-state index is 12.6. The maximum atomic E-state index is 12.6. The molecule has 0 unspecified atom stereocenters. The Kier molecular flexibility index (Phi) is 3.83. The fourth-order valence-electron chi connectivity index (χ4n) is 6.49. The van der Waals surface area contributed by atoms with Crippen LogP contribution in [0.15, 0.2) is 18.2 Å². The summed E-state index contributed by atoms with van der Waals surface area (Å²) in [5.41, 5.74) is 2.98. The zero-order valence-electron chi connectivity index (χ0n) is 15.7. The smallest absolute Gasteiger partial charge is 0.134 e. The van der Waals surface area contributed by atoms with E-state index in [0.717, 1.165) is 37.3 Å². The molecule has 0 radical (unpaired) electrons. The van der Waals surface area contributed by atoms with Crippen molar-refractivity contribution in [1.29, 1.82) is 0 Å². The SMILES string of the molecule is CO[C@@]12CCC(=O)C[C@@]13CCN(CC1CC1)[C@@H]2Cc1cccc(CO)c13. The Bertz CT molecular complexity index is 743. The average Bonchev–Trinajstić information content (AvgIpc) is 3.47. The number of carbonyl (C=O) groups excluding carboxylic acids is 1. The van der Waals surface area contributed by atoms with E-state index in [0.29, 0.717) is 24.7 Å². The highest BCUT2D eigenvalue weighted by Crippen LogP contribution is 2.60. The van der Waals surface area contributed by atoms with Gasteiger partial charge in [-0.25, -0.2) is 0 Å². The average molecular weight is 355 g/mol. The number of aliphatic hydroxyl groups excluding tert-OH is 1. The van der Waals surface area contributed by atoms with E-state index in [1.807, 2.05) is 13.2 Å². The molecule has 2 saturated carbocycles. The molecule has 1 aliphatic heterocycles. The fraction of sp³-hybridized carbons (Fsp3) is 0.682. The monoisotopic (exact) mass is 355 g/mol. The molecule has 5 rings (SSSR count). The molecule has 1 aromatic carbocycles. The summed E-state index contributed by atoms with van der Waals surface area (Å²) in [6.45, 7) is 2.25. The Balaban J connectivity index is 1.70. The van der Waals surface area contributed by atoms with Gasteiger partial charge in [-0.3, -0.25) is 9.69 Å². The van der Waals surface area contributed by atoms with Gasteiger partial charge in [-0.2, -0.15) is 0 Å². The van der Waals surface area contributed by atoms with Crippen LogP contribution in [0.2, 0.25) is 0 Å². The number of benzene rings is 1. The van der Waals surface area contributed by atoms with Gasteiger partial charge in [0.25, 0.3) is 0 Å². The van der Waals surface area contributed by atoms with Crippen molar-refractivity contribution in [2.24, 2.45) is 5.92 Å². The molecule has 0 aromatic heterocycles. The number of aliphatic hydroxyl groups is 1. The first-order chi connectivity index (χ1) is 12.6. The minimum atomic E-state index is -0.299. The number of rotatable bonds is 4. The third-order valence-electron chi connectivity index (χ3n) is 7.74. The van der Waals surface area contributed by atoms with E-state index in [9.17, 15) is 9.90 Å². The van der Waals surface area contributed by atoms with E-state index in [1.165, 1.54) is 30.5 Å². The van der Waals surface area contributed by atoms with Crippen LogP contribution in [-0.4, -0.2) is 47.6 Å². The zero-order chi connectivity index (χ0) is 17.9. The molecule has 140 valence electrons. The van der Waals surface area contributed by atoms with Crippen molar-refractivity contribution >= 4 is 5.78 Å². The van der Waals surface area contributed by atoms with Crippen LogP contribution < -0.4 is 0 Å². The quantitative estimate of drug-likeness (QED) is 0.902. The molecule has 26 heavy (non-hydrogen) atoms. The number of ether oxygens (including phenoxy) is 1. The third kappa shape index (κ3) is 2.15. The second kappa shape index (κ2) is 5.88. The van der Waals surface area contributed by atoms with Crippen LogP contribution in [0.4, 0.5) is 0 Å². The molecule has 1 saturated heterocycles. The van der Waals surface area contributed by atoms with Gasteiger partial charge in [0, 0.05) is 38.0 Å². The number of likely N-dealkylation sites (tertiary alicyclic amines) is 1. The molecule has 1 N–H and O–H groups in total. The highest BCUT2D eigenvalue weighted by atomic mass is 16.5. The number of methoxy groups -OCH3 is 1.